The van der Waals surface area contributed by atoms with Crippen LogP contribution in [0.25, 0.3) is 0 Å². The second-order valence-corrected chi connectivity index (χ2v) is 23.4. The van der Waals surface area contributed by atoms with E-state index in [2.05, 4.69) is 81.5 Å². The summed E-state index contributed by atoms with van der Waals surface area (Å²) in [6, 6.07) is 0. The number of hydrogen-bond donors (Lipinski definition) is 0. The number of carbonyl (C=O) groups excluding carboxylic acids is 3. The maximum atomic E-state index is 12.9. The van der Waals surface area contributed by atoms with Gasteiger partial charge >= 0.3 is 17.9 Å². The highest BCUT2D eigenvalue weighted by molar-refractivity contribution is 5.71. The molecule has 0 aliphatic heterocycles. The highest BCUT2D eigenvalue weighted by Gasteiger charge is 2.19. The van der Waals surface area contributed by atoms with Gasteiger partial charge in [0.15, 0.2) is 6.10 Å². The smallest absolute Gasteiger partial charge is 0.306 e. The summed E-state index contributed by atoms with van der Waals surface area (Å²) in [7, 11) is 0. The molecule has 460 valence electrons. The third-order valence-corrected chi connectivity index (χ3v) is 15.5. The van der Waals surface area contributed by atoms with Crippen molar-refractivity contribution in [2.45, 2.75) is 374 Å². The molecule has 0 amide bonds. The first-order chi connectivity index (χ1) is 39.0. The minimum Gasteiger partial charge on any atom is -0.462 e. The Hall–Kier alpha value is -2.89. The number of carbonyl (C=O) groups is 3. The number of rotatable bonds is 64. The van der Waals surface area contributed by atoms with Crippen molar-refractivity contribution in [3.8, 4) is 0 Å². The minimum absolute atomic E-state index is 0.0767. The van der Waals surface area contributed by atoms with E-state index in [1.165, 1.54) is 231 Å². The number of unbranched alkanes of at least 4 members (excludes halogenated alkanes) is 43. The van der Waals surface area contributed by atoms with E-state index < -0.39 is 6.10 Å². The van der Waals surface area contributed by atoms with Crippen LogP contribution in [-0.2, 0) is 28.6 Å². The predicted molar refractivity (Wildman–Crippen MR) is 344 cm³/mol. The van der Waals surface area contributed by atoms with Gasteiger partial charge in [0.05, 0.1) is 0 Å². The van der Waals surface area contributed by atoms with Crippen LogP contribution in [0.4, 0.5) is 0 Å². The van der Waals surface area contributed by atoms with Crippen LogP contribution in [0.15, 0.2) is 60.8 Å². The largest absolute Gasteiger partial charge is 0.462 e. The van der Waals surface area contributed by atoms with Crippen molar-refractivity contribution in [2.24, 2.45) is 0 Å². The van der Waals surface area contributed by atoms with Crippen LogP contribution in [0.2, 0.25) is 0 Å². The number of esters is 3. The molecule has 0 aromatic rings. The van der Waals surface area contributed by atoms with Gasteiger partial charge in [-0.25, -0.2) is 0 Å². The van der Waals surface area contributed by atoms with E-state index in [1.54, 1.807) is 0 Å². The number of ether oxygens (including phenoxy) is 3. The molecule has 0 bridgehead atoms. The van der Waals surface area contributed by atoms with Gasteiger partial charge < -0.3 is 14.2 Å². The summed E-state index contributed by atoms with van der Waals surface area (Å²) in [5.41, 5.74) is 0. The molecule has 1 atom stereocenters. The fourth-order valence-corrected chi connectivity index (χ4v) is 10.3. The molecular weight excluding hydrogens is 973 g/mol. The fraction of sp³-hybridized carbons (Fsp3) is 0.822. The molecular formula is C73H132O6. The van der Waals surface area contributed by atoms with Crippen LogP contribution in [0.3, 0.4) is 0 Å². The first-order valence-electron chi connectivity index (χ1n) is 34.8. The Morgan fingerprint density at radius 2 is 0.494 bits per heavy atom. The summed E-state index contributed by atoms with van der Waals surface area (Å²) < 4.78 is 17.0. The van der Waals surface area contributed by atoms with Crippen molar-refractivity contribution < 1.29 is 28.6 Å². The summed E-state index contributed by atoms with van der Waals surface area (Å²) >= 11 is 0. The van der Waals surface area contributed by atoms with E-state index >= 15 is 0 Å². The van der Waals surface area contributed by atoms with Gasteiger partial charge in [-0.2, -0.15) is 0 Å². The first kappa shape index (κ1) is 76.1. The van der Waals surface area contributed by atoms with E-state index in [4.69, 9.17) is 14.2 Å². The van der Waals surface area contributed by atoms with Gasteiger partial charge in [-0.15, -0.1) is 0 Å². The monoisotopic (exact) mass is 1110 g/mol. The third-order valence-electron chi connectivity index (χ3n) is 15.5. The number of allylic oxidation sites excluding steroid dienone is 10. The molecule has 0 aromatic heterocycles. The Labute approximate surface area is 491 Å². The fourth-order valence-electron chi connectivity index (χ4n) is 10.3. The topological polar surface area (TPSA) is 78.9 Å². The van der Waals surface area contributed by atoms with Crippen LogP contribution >= 0.6 is 0 Å². The van der Waals surface area contributed by atoms with Crippen LogP contribution < -0.4 is 0 Å². The molecule has 0 aliphatic rings. The van der Waals surface area contributed by atoms with E-state index in [0.29, 0.717) is 19.3 Å². The summed E-state index contributed by atoms with van der Waals surface area (Å²) in [5.74, 6) is -0.874. The molecule has 0 radical (unpaired) electrons. The molecule has 0 saturated carbocycles. The molecule has 0 fully saturated rings. The van der Waals surface area contributed by atoms with Gasteiger partial charge in [0.25, 0.3) is 0 Å². The molecule has 0 N–H and O–H groups in total. The molecule has 0 saturated heterocycles. The van der Waals surface area contributed by atoms with Crippen LogP contribution in [-0.4, -0.2) is 37.2 Å². The Bertz CT molecular complexity index is 1410. The van der Waals surface area contributed by atoms with Gasteiger partial charge in [0, 0.05) is 19.3 Å². The van der Waals surface area contributed by atoms with E-state index in [1.807, 2.05) is 0 Å². The van der Waals surface area contributed by atoms with Gasteiger partial charge in [0.1, 0.15) is 13.2 Å². The van der Waals surface area contributed by atoms with Crippen molar-refractivity contribution >= 4 is 17.9 Å². The van der Waals surface area contributed by atoms with Gasteiger partial charge in [0.2, 0.25) is 0 Å². The Morgan fingerprint density at radius 3 is 0.810 bits per heavy atom. The summed E-state index contributed by atoms with van der Waals surface area (Å²) in [6.07, 6.45) is 86.9. The highest BCUT2D eigenvalue weighted by Crippen LogP contribution is 2.18. The van der Waals surface area contributed by atoms with E-state index in [-0.39, 0.29) is 31.1 Å². The molecule has 0 rings (SSSR count). The lowest BCUT2D eigenvalue weighted by molar-refractivity contribution is -0.167. The maximum absolute atomic E-state index is 12.9. The normalized spacial score (nSPS) is 12.4. The zero-order valence-electron chi connectivity index (χ0n) is 52.9. The summed E-state index contributed by atoms with van der Waals surface area (Å²) in [6.45, 7) is 6.55. The predicted octanol–water partition coefficient (Wildman–Crippen LogP) is 23.9. The van der Waals surface area contributed by atoms with Crippen molar-refractivity contribution in [3.63, 3.8) is 0 Å². The molecule has 79 heavy (non-hydrogen) atoms. The van der Waals surface area contributed by atoms with Crippen molar-refractivity contribution in [2.75, 3.05) is 13.2 Å². The maximum Gasteiger partial charge on any atom is 0.306 e. The van der Waals surface area contributed by atoms with E-state index in [9.17, 15) is 14.4 Å². The minimum atomic E-state index is -0.782. The highest BCUT2D eigenvalue weighted by atomic mass is 16.6. The number of hydrogen-bond acceptors (Lipinski definition) is 6. The molecule has 6 heteroatoms. The van der Waals surface area contributed by atoms with Gasteiger partial charge in [-0.1, -0.05) is 326 Å². The molecule has 6 nitrogen and oxygen atoms in total. The summed E-state index contributed by atoms with van der Waals surface area (Å²) in [5, 5.41) is 0. The second-order valence-electron chi connectivity index (χ2n) is 23.4. The summed E-state index contributed by atoms with van der Waals surface area (Å²) in [4.78, 5) is 38.4. The molecule has 0 spiro atoms. The Balaban J connectivity index is 4.20. The van der Waals surface area contributed by atoms with Crippen molar-refractivity contribution in [3.05, 3.63) is 60.8 Å². The van der Waals surface area contributed by atoms with Crippen LogP contribution in [0, 0.1) is 0 Å². The zero-order chi connectivity index (χ0) is 57.1. The first-order valence-corrected chi connectivity index (χ1v) is 34.8. The lowest BCUT2D eigenvalue weighted by Crippen LogP contribution is -2.30. The average molecular weight is 1110 g/mol. The lowest BCUT2D eigenvalue weighted by atomic mass is 10.0. The van der Waals surface area contributed by atoms with E-state index in [0.717, 1.165) is 96.3 Å². The third kappa shape index (κ3) is 65.8. The van der Waals surface area contributed by atoms with Crippen molar-refractivity contribution in [1.82, 2.24) is 0 Å². The van der Waals surface area contributed by atoms with Crippen LogP contribution in [0.1, 0.15) is 367 Å². The Kier molecular flexibility index (Phi) is 65.1. The SMILES string of the molecule is CC/C=C\C/C=C\C/C=C\C/C=C\CCCCCCCCCCC(=O)OC(COC(=O)CCCCCCC/C=C\CCCCC)COC(=O)CCCCCCCCCCCCCCCCCCCCCCCCCCCCCC. The average Bonchev–Trinajstić information content (AvgIpc) is 3.45. The molecule has 0 aliphatic carbocycles. The quantitative estimate of drug-likeness (QED) is 0.0261. The van der Waals surface area contributed by atoms with Gasteiger partial charge in [-0.3, -0.25) is 14.4 Å². The van der Waals surface area contributed by atoms with Crippen LogP contribution in [0.5, 0.6) is 0 Å². The second kappa shape index (κ2) is 67.6. The van der Waals surface area contributed by atoms with Gasteiger partial charge in [-0.05, 0) is 83.5 Å². The molecule has 0 aromatic carbocycles. The lowest BCUT2D eigenvalue weighted by Gasteiger charge is -2.18. The zero-order valence-corrected chi connectivity index (χ0v) is 52.9. The Morgan fingerprint density at radius 1 is 0.266 bits per heavy atom. The molecule has 1 unspecified atom stereocenters. The standard InChI is InChI=1S/C73H132O6/c1-4-7-10-13-16-19-22-25-27-29-31-33-34-35-36-37-38-39-41-42-44-46-48-51-54-57-60-63-66-72(75)78-69-70(68-77-71(74)65-62-59-56-53-50-24-21-18-15-12-9-6-3)79-73(76)67-64-61-58-55-52-49-47-45-43-40-32-30-28-26-23-20-17-14-11-8-5-2/h8,11,17-18,20-21,26,28,32,40,70H,4-7,9-10,12-16,19,22-25,27,29-31,33-39,41-69H2,1-3H3/b11-8-,20-17-,21-18-,28-26-,40-32-. The molecule has 0 heterocycles. The van der Waals surface area contributed by atoms with Crippen molar-refractivity contribution in [1.29, 1.82) is 0 Å².